The molecule has 0 radical (unpaired) electrons. The van der Waals surface area contributed by atoms with Crippen LogP contribution >= 0.6 is 0 Å². The van der Waals surface area contributed by atoms with Gasteiger partial charge in [0.1, 0.15) is 0 Å². The van der Waals surface area contributed by atoms with Crippen molar-refractivity contribution in [2.75, 3.05) is 5.73 Å². The van der Waals surface area contributed by atoms with Gasteiger partial charge in [0.05, 0.1) is 6.33 Å². The third kappa shape index (κ3) is 1.59. The Hall–Kier alpha value is -0.214. The second kappa shape index (κ2) is 3.67. The molecule has 2 aromatic heterocycles. The first-order valence-corrected chi connectivity index (χ1v) is 2.96. The summed E-state index contributed by atoms with van der Waals surface area (Å²) >= 11 is 0. The molecule has 4 N–H and O–H groups in total. The molecule has 0 aliphatic rings. The number of nitrogens with zero attached hydrogens (tertiary/aromatic N) is 2. The van der Waals surface area contributed by atoms with Gasteiger partial charge < -0.3 is 10.7 Å². The van der Waals surface area contributed by atoms with Crippen molar-refractivity contribution in [3.63, 3.8) is 0 Å². The minimum absolute atomic E-state index is 0. The first kappa shape index (κ1) is 9.87. The molecule has 0 spiro atoms. The molecule has 58 valence electrons. The molecule has 2 heterocycles. The number of nitrogen functional groups attached to an aromatic ring is 1. The monoisotopic (exact) mass is 191 g/mol. The minimum atomic E-state index is -0.325. The Kier molecular flexibility index (Phi) is 3.02. The van der Waals surface area contributed by atoms with Crippen molar-refractivity contribution in [3.05, 3.63) is 16.7 Å². The topological polar surface area (TPSA) is 100 Å². The van der Waals surface area contributed by atoms with Crippen LogP contribution in [0.1, 0.15) is 0 Å². The summed E-state index contributed by atoms with van der Waals surface area (Å²) in [7, 11) is 0. The average molecular weight is 191 g/mol. The summed E-state index contributed by atoms with van der Waals surface area (Å²) in [5.41, 5.74) is 5.63. The van der Waals surface area contributed by atoms with Crippen molar-refractivity contribution in [3.8, 4) is 0 Å². The van der Waals surface area contributed by atoms with Crippen LogP contribution in [0.4, 0.5) is 5.95 Å². The number of aromatic nitrogens is 4. The Morgan fingerprint density at radius 3 is 3.00 bits per heavy atom. The number of nitrogens with one attached hydrogen (secondary N) is 2. The second-order valence-corrected chi connectivity index (χ2v) is 2.05. The predicted molar refractivity (Wildman–Crippen MR) is 46.1 cm³/mol. The van der Waals surface area contributed by atoms with Gasteiger partial charge in [-0.2, -0.15) is 4.98 Å². The number of aromatic amines is 2. The zero-order valence-corrected chi connectivity index (χ0v) is 5.46. The third-order valence-electron chi connectivity index (χ3n) is 1.31. The number of nitrogens with two attached hydrogens (primary N) is 1. The molecule has 0 bridgehead atoms. The molecular weight excluding hydrogens is 185 g/mol. The maximum atomic E-state index is 11.0. The molecule has 2 rings (SSSR count). The molecule has 12 heavy (non-hydrogen) atoms. The Bertz CT molecular complexity index is 446. The van der Waals surface area contributed by atoms with E-state index in [1.54, 1.807) is 0 Å². The van der Waals surface area contributed by atoms with Gasteiger partial charge in [0.2, 0.25) is 5.95 Å². The molecule has 2 aromatic rings. The number of imidazole rings is 1. The number of H-pyrrole nitrogens is 2. The van der Waals surface area contributed by atoms with Gasteiger partial charge in [-0.05, 0) is 0 Å². The van der Waals surface area contributed by atoms with Crippen molar-refractivity contribution < 1.29 is 0 Å². The van der Waals surface area contributed by atoms with Crippen LogP contribution in [0.2, 0.25) is 0 Å². The quantitative estimate of drug-likeness (QED) is 0.445. The van der Waals surface area contributed by atoms with Crippen molar-refractivity contribution in [2.24, 2.45) is 0 Å². The summed E-state index contributed by atoms with van der Waals surface area (Å²) < 4.78 is 0. The summed E-state index contributed by atoms with van der Waals surface area (Å²) in [5.74, 6) is 0.0896. The summed E-state index contributed by atoms with van der Waals surface area (Å²) in [6, 6.07) is 0. The first-order chi connectivity index (χ1) is 5.27. The maximum absolute atomic E-state index is 11.0. The summed E-state index contributed by atoms with van der Waals surface area (Å²) in [6.45, 7) is 0. The molecule has 0 saturated carbocycles. The van der Waals surface area contributed by atoms with Crippen LogP contribution in [0, 0.1) is 0 Å². The Balaban J connectivity index is 0.000000720. The number of fused-ring (bicyclic) bond motifs is 1. The Labute approximate surface area is 109 Å². The van der Waals surface area contributed by atoms with E-state index in [0.717, 1.165) is 0 Å². The van der Waals surface area contributed by atoms with Gasteiger partial charge in [0.15, 0.2) is 11.2 Å². The molecule has 0 amide bonds. The fourth-order valence-electron chi connectivity index (χ4n) is 0.863. The van der Waals surface area contributed by atoms with Crippen LogP contribution in [-0.4, -0.2) is 71.3 Å². The van der Waals surface area contributed by atoms with E-state index in [0.29, 0.717) is 5.65 Å². The number of anilines is 1. The van der Waals surface area contributed by atoms with Gasteiger partial charge in [-0.15, -0.1) is 0 Å². The SMILES string of the molecule is Nc1nc2[nH]cnc2c(=O)[nH]1.[KH]. The number of hydrogen-bond acceptors (Lipinski definition) is 4. The van der Waals surface area contributed by atoms with Gasteiger partial charge in [-0.3, -0.25) is 9.78 Å². The van der Waals surface area contributed by atoms with Crippen LogP contribution in [0.25, 0.3) is 11.2 Å². The normalized spacial score (nSPS) is 9.67. The van der Waals surface area contributed by atoms with Crippen molar-refractivity contribution >= 4 is 68.5 Å². The van der Waals surface area contributed by atoms with E-state index in [-0.39, 0.29) is 68.4 Å². The van der Waals surface area contributed by atoms with Crippen molar-refractivity contribution in [1.29, 1.82) is 0 Å². The first-order valence-electron chi connectivity index (χ1n) is 2.96. The molecule has 7 heteroatoms. The van der Waals surface area contributed by atoms with E-state index >= 15 is 0 Å². The summed E-state index contributed by atoms with van der Waals surface area (Å²) in [4.78, 5) is 23.6. The summed E-state index contributed by atoms with van der Waals surface area (Å²) in [6.07, 6.45) is 1.40. The standard InChI is InChI=1S/C5H5N5O.K.H/c6-5-9-3-2(4(11)10-5)7-1-8-3;;/h1H,(H4,6,7,8,9,10,11);;. The van der Waals surface area contributed by atoms with Gasteiger partial charge in [0, 0.05) is 0 Å². The fourth-order valence-corrected chi connectivity index (χ4v) is 0.863. The van der Waals surface area contributed by atoms with Gasteiger partial charge in [-0.25, -0.2) is 4.98 Å². The van der Waals surface area contributed by atoms with Gasteiger partial charge in [0.25, 0.3) is 5.56 Å². The third-order valence-corrected chi connectivity index (χ3v) is 1.31. The summed E-state index contributed by atoms with van der Waals surface area (Å²) in [5, 5.41) is 0. The zero-order chi connectivity index (χ0) is 7.84. The second-order valence-electron chi connectivity index (χ2n) is 2.05. The van der Waals surface area contributed by atoms with E-state index in [1.807, 2.05) is 0 Å². The average Bonchev–Trinajstić information content (AvgIpc) is 2.34. The van der Waals surface area contributed by atoms with Crippen LogP contribution in [-0.2, 0) is 0 Å². The predicted octanol–water partition coefficient (Wildman–Crippen LogP) is -1.42. The van der Waals surface area contributed by atoms with E-state index in [9.17, 15) is 4.79 Å². The zero-order valence-electron chi connectivity index (χ0n) is 5.46. The Morgan fingerprint density at radius 1 is 1.50 bits per heavy atom. The van der Waals surface area contributed by atoms with E-state index in [2.05, 4.69) is 19.9 Å². The van der Waals surface area contributed by atoms with Crippen LogP contribution in [0.5, 0.6) is 0 Å². The molecular formula is C5H6KN5O. The number of hydrogen-bond donors (Lipinski definition) is 3. The molecule has 0 atom stereocenters. The van der Waals surface area contributed by atoms with Gasteiger partial charge >= 0.3 is 51.4 Å². The van der Waals surface area contributed by atoms with Crippen molar-refractivity contribution in [2.45, 2.75) is 0 Å². The number of rotatable bonds is 0. The molecule has 0 fully saturated rings. The molecule has 0 saturated heterocycles. The van der Waals surface area contributed by atoms with Gasteiger partial charge in [-0.1, -0.05) is 0 Å². The molecule has 0 aromatic carbocycles. The van der Waals surface area contributed by atoms with Crippen LogP contribution in [0.3, 0.4) is 0 Å². The van der Waals surface area contributed by atoms with Crippen LogP contribution in [0.15, 0.2) is 11.1 Å². The van der Waals surface area contributed by atoms with E-state index < -0.39 is 0 Å². The fraction of sp³-hybridized carbons (Fsp3) is 0. The molecule has 0 unspecified atom stereocenters. The van der Waals surface area contributed by atoms with E-state index in [1.165, 1.54) is 6.33 Å². The molecule has 0 aliphatic heterocycles. The van der Waals surface area contributed by atoms with Crippen molar-refractivity contribution in [1.82, 2.24) is 19.9 Å². The Morgan fingerprint density at radius 2 is 2.25 bits per heavy atom. The van der Waals surface area contributed by atoms with Crippen LogP contribution < -0.4 is 11.3 Å². The van der Waals surface area contributed by atoms with E-state index in [4.69, 9.17) is 5.73 Å². The molecule has 0 aliphatic carbocycles. The molecule has 6 nitrogen and oxygen atoms in total.